The first-order valence-electron chi connectivity index (χ1n) is 12.9. The molecule has 0 spiro atoms. The van der Waals surface area contributed by atoms with Crippen LogP contribution in [0.15, 0.2) is 134 Å². The second kappa shape index (κ2) is 17.7. The van der Waals surface area contributed by atoms with Crippen LogP contribution in [0.4, 0.5) is 0 Å². The molecular formula is C37H32Cl2Zr-2. The zero-order chi connectivity index (χ0) is 26.6. The van der Waals surface area contributed by atoms with Crippen molar-refractivity contribution in [2.45, 2.75) is 19.3 Å². The Morgan fingerprint density at radius 3 is 1.77 bits per heavy atom. The topological polar surface area (TPSA) is 0 Å². The molecule has 0 nitrogen and oxygen atoms in total. The van der Waals surface area contributed by atoms with Crippen molar-refractivity contribution in [3.63, 3.8) is 0 Å². The van der Waals surface area contributed by atoms with Crippen molar-refractivity contribution in [2.75, 3.05) is 0 Å². The van der Waals surface area contributed by atoms with Gasteiger partial charge in [0.25, 0.3) is 0 Å². The van der Waals surface area contributed by atoms with E-state index in [-0.39, 0.29) is 24.8 Å². The molecule has 0 N–H and O–H groups in total. The van der Waals surface area contributed by atoms with Crippen molar-refractivity contribution in [1.82, 2.24) is 0 Å². The van der Waals surface area contributed by atoms with E-state index in [2.05, 4.69) is 104 Å². The Morgan fingerprint density at radius 2 is 1.27 bits per heavy atom. The summed E-state index contributed by atoms with van der Waals surface area (Å²) in [5.74, 6) is 0. The fourth-order valence-electron chi connectivity index (χ4n) is 4.43. The molecule has 40 heavy (non-hydrogen) atoms. The zero-order valence-corrected chi connectivity index (χ0v) is 26.5. The first kappa shape index (κ1) is 33.3. The predicted molar refractivity (Wildman–Crippen MR) is 161 cm³/mol. The maximum Gasteiger partial charge on any atom is -0.172 e. The van der Waals surface area contributed by atoms with Gasteiger partial charge in [-0.1, -0.05) is 42.0 Å². The van der Waals surface area contributed by atoms with Gasteiger partial charge in [0.1, 0.15) is 0 Å². The minimum Gasteiger partial charge on any atom is -0.214 e. The maximum atomic E-state index is 3.82. The van der Waals surface area contributed by atoms with Crippen molar-refractivity contribution in [3.05, 3.63) is 174 Å². The molecule has 6 rings (SSSR count). The Kier molecular flexibility index (Phi) is 14.7. The van der Waals surface area contributed by atoms with E-state index in [1.807, 2.05) is 48.6 Å². The van der Waals surface area contributed by atoms with Crippen LogP contribution >= 0.6 is 0 Å². The number of benzene rings is 4. The van der Waals surface area contributed by atoms with E-state index >= 15 is 0 Å². The van der Waals surface area contributed by atoms with Crippen LogP contribution in [0.3, 0.4) is 0 Å². The Labute approximate surface area is 267 Å². The Morgan fingerprint density at radius 1 is 0.725 bits per heavy atom. The van der Waals surface area contributed by atoms with E-state index in [0.29, 0.717) is 0 Å². The molecular weight excluding hydrogens is 607 g/mol. The van der Waals surface area contributed by atoms with E-state index in [1.165, 1.54) is 38.9 Å². The molecule has 0 saturated carbocycles. The van der Waals surface area contributed by atoms with Crippen molar-refractivity contribution < 1.29 is 49.0 Å². The molecule has 0 aliphatic heterocycles. The second-order valence-electron chi connectivity index (χ2n) is 9.22. The van der Waals surface area contributed by atoms with E-state index in [9.17, 15) is 0 Å². The SMILES string of the molecule is C=Cc1c[c-]c2c(c1)-c1cc(C=C)ccc1C2.[Cl-].[Cl-].[Zr+2]=[C](Cc1ccccc1)Cc1ccccc1.c1cc[cH-]c1. The number of hydrogen-bond acceptors (Lipinski definition) is 0. The zero-order valence-electron chi connectivity index (χ0n) is 22.5. The van der Waals surface area contributed by atoms with Crippen LogP contribution < -0.4 is 24.8 Å². The molecule has 0 heterocycles. The predicted octanol–water partition coefficient (Wildman–Crippen LogP) is 2.95. The van der Waals surface area contributed by atoms with Crippen LogP contribution in [0.25, 0.3) is 23.3 Å². The van der Waals surface area contributed by atoms with Gasteiger partial charge >= 0.3 is 112 Å². The fraction of sp³-hybridized carbons (Fsp3) is 0.0811. The van der Waals surface area contributed by atoms with Gasteiger partial charge in [-0.3, -0.25) is 0 Å². The van der Waals surface area contributed by atoms with Gasteiger partial charge in [-0.15, -0.1) is 23.8 Å². The molecule has 0 fully saturated rings. The first-order valence-corrected chi connectivity index (χ1v) is 14.1. The van der Waals surface area contributed by atoms with Crippen LogP contribution in [-0.2, 0) is 43.5 Å². The molecule has 0 atom stereocenters. The summed E-state index contributed by atoms with van der Waals surface area (Å²) in [6, 6.07) is 45.5. The largest absolute Gasteiger partial charge is 0.214 e. The number of rotatable bonds is 6. The molecule has 0 aromatic heterocycles. The van der Waals surface area contributed by atoms with Crippen molar-refractivity contribution in [1.29, 1.82) is 0 Å². The standard InChI is InChI=1S/C17H13.C15H14.C5H5.2ClH.Zr/c1-3-12-5-7-14-11-15-8-6-13(4-2)10-17(15)16(14)9-12;1-3-8-14(9-4-1)12-7-13-15-10-5-2-6-11-15;1-2-4-5-3-1;;;/h3-7,9-10H,1-2,11H2;1-6,8-11H,12-13H2;1-5H;2*1H;/q-1;;-1;;;+2/p-2. The van der Waals surface area contributed by atoms with Crippen LogP contribution in [0.2, 0.25) is 0 Å². The normalized spacial score (nSPS) is 10.1. The molecule has 1 aliphatic carbocycles. The van der Waals surface area contributed by atoms with Crippen LogP contribution in [0.1, 0.15) is 33.4 Å². The number of hydrogen-bond donors (Lipinski definition) is 0. The molecule has 200 valence electrons. The first-order chi connectivity index (χ1) is 18.7. The summed E-state index contributed by atoms with van der Waals surface area (Å²) in [5.41, 5.74) is 10.4. The molecule has 3 heteroatoms. The summed E-state index contributed by atoms with van der Waals surface area (Å²) in [6.07, 6.45) is 6.98. The Hall–Kier alpha value is -2.96. The van der Waals surface area contributed by atoms with Crippen molar-refractivity contribution in [2.24, 2.45) is 0 Å². The van der Waals surface area contributed by atoms with Gasteiger partial charge in [0.15, 0.2) is 0 Å². The van der Waals surface area contributed by atoms with Crippen molar-refractivity contribution >= 4 is 15.4 Å². The van der Waals surface area contributed by atoms with E-state index < -0.39 is 0 Å². The van der Waals surface area contributed by atoms with E-state index in [0.717, 1.165) is 24.8 Å². The maximum absolute atomic E-state index is 3.82. The molecule has 5 aromatic carbocycles. The van der Waals surface area contributed by atoms with Gasteiger partial charge < -0.3 is 24.8 Å². The monoisotopic (exact) mass is 636 g/mol. The fourth-order valence-corrected chi connectivity index (χ4v) is 5.44. The molecule has 0 unspecified atom stereocenters. The van der Waals surface area contributed by atoms with Gasteiger partial charge in [-0.2, -0.15) is 42.0 Å². The quantitative estimate of drug-likeness (QED) is 0.247. The molecule has 0 bridgehead atoms. The van der Waals surface area contributed by atoms with E-state index in [4.69, 9.17) is 0 Å². The third kappa shape index (κ3) is 9.90. The third-order valence-electron chi connectivity index (χ3n) is 6.39. The van der Waals surface area contributed by atoms with Gasteiger partial charge in [0.05, 0.1) is 0 Å². The van der Waals surface area contributed by atoms with Crippen LogP contribution in [0.5, 0.6) is 0 Å². The molecule has 0 radical (unpaired) electrons. The minimum atomic E-state index is 0. The van der Waals surface area contributed by atoms with Crippen LogP contribution in [-0.4, -0.2) is 3.21 Å². The minimum absolute atomic E-state index is 0. The summed E-state index contributed by atoms with van der Waals surface area (Å²) >= 11 is 1.55. The summed E-state index contributed by atoms with van der Waals surface area (Å²) < 4.78 is 1.60. The average molecular weight is 639 g/mol. The van der Waals surface area contributed by atoms with Gasteiger partial charge in [-0.05, 0) is 12.0 Å². The van der Waals surface area contributed by atoms with E-state index in [1.54, 1.807) is 27.4 Å². The second-order valence-corrected chi connectivity index (χ2v) is 11.0. The molecule has 1 aliphatic rings. The summed E-state index contributed by atoms with van der Waals surface area (Å²) in [7, 11) is 0. The van der Waals surface area contributed by atoms with Gasteiger partial charge in [-0.25, -0.2) is 12.1 Å². The van der Waals surface area contributed by atoms with Crippen LogP contribution in [0, 0.1) is 6.07 Å². The molecule has 0 saturated heterocycles. The summed E-state index contributed by atoms with van der Waals surface area (Å²) in [4.78, 5) is 0. The smallest absolute Gasteiger partial charge is 0.172 e. The Bertz CT molecular complexity index is 1350. The average Bonchev–Trinajstić information content (AvgIpc) is 3.66. The molecule has 5 aromatic rings. The number of halogens is 2. The molecule has 0 amide bonds. The van der Waals surface area contributed by atoms with Crippen molar-refractivity contribution in [3.8, 4) is 11.1 Å². The summed E-state index contributed by atoms with van der Waals surface area (Å²) in [6.45, 7) is 7.63. The summed E-state index contributed by atoms with van der Waals surface area (Å²) in [5, 5.41) is 0. The Balaban J connectivity index is 0.000000229. The van der Waals surface area contributed by atoms with Gasteiger partial charge in [0, 0.05) is 0 Å². The van der Waals surface area contributed by atoms with Gasteiger partial charge in [0.2, 0.25) is 0 Å². The number of fused-ring (bicyclic) bond motifs is 3. The third-order valence-corrected chi connectivity index (χ3v) is 7.26.